The van der Waals surface area contributed by atoms with Gasteiger partial charge < -0.3 is 9.53 Å². The molecule has 0 bridgehead atoms. The monoisotopic (exact) mass is 212 g/mol. The van der Waals surface area contributed by atoms with Crippen LogP contribution in [0.2, 0.25) is 0 Å². The summed E-state index contributed by atoms with van der Waals surface area (Å²) in [7, 11) is 1.66. The van der Waals surface area contributed by atoms with Crippen LogP contribution in [0.15, 0.2) is 24.3 Å². The highest BCUT2D eigenvalue weighted by Crippen LogP contribution is 2.10. The molecule has 3 heteroatoms. The number of alkyl halides is 1. The molecule has 1 atom stereocenters. The molecule has 0 spiro atoms. The van der Waals surface area contributed by atoms with Crippen LogP contribution in [0.5, 0.6) is 0 Å². The average molecular weight is 213 g/mol. The predicted octanol–water partition coefficient (Wildman–Crippen LogP) is 2.18. The van der Waals surface area contributed by atoms with E-state index in [9.17, 15) is 4.79 Å². The van der Waals surface area contributed by atoms with Crippen molar-refractivity contribution in [3.05, 3.63) is 35.4 Å². The van der Waals surface area contributed by atoms with Crippen molar-refractivity contribution >= 4 is 17.9 Å². The summed E-state index contributed by atoms with van der Waals surface area (Å²) < 4.78 is 5.01. The topological polar surface area (TPSA) is 26.3 Å². The third-order valence-electron chi connectivity index (χ3n) is 1.88. The Morgan fingerprint density at radius 1 is 1.50 bits per heavy atom. The van der Waals surface area contributed by atoms with E-state index in [1.807, 2.05) is 24.3 Å². The Morgan fingerprint density at radius 2 is 2.21 bits per heavy atom. The molecule has 0 fully saturated rings. The smallest absolute Gasteiger partial charge is 0.138 e. The molecule has 0 amide bonds. The van der Waals surface area contributed by atoms with Crippen LogP contribution in [-0.4, -0.2) is 18.8 Å². The Labute approximate surface area is 88.8 Å². The van der Waals surface area contributed by atoms with Crippen LogP contribution in [0.3, 0.4) is 0 Å². The number of hydrogen-bond acceptors (Lipinski definition) is 2. The number of ether oxygens (including phenoxy) is 1. The lowest BCUT2D eigenvalue weighted by atomic mass is 10.1. The standard InChI is InChI=1S/C11H13ClO2/c1-14-8-10-4-2-3-9(5-10)6-11(12)7-13/h2-5,7,11H,6,8H2,1H3. The number of halogens is 1. The number of aldehydes is 1. The molecular weight excluding hydrogens is 200 g/mol. The minimum Gasteiger partial charge on any atom is -0.380 e. The number of rotatable bonds is 5. The second-order valence-corrected chi connectivity index (χ2v) is 3.67. The van der Waals surface area contributed by atoms with Gasteiger partial charge >= 0.3 is 0 Å². The second kappa shape index (κ2) is 5.78. The molecule has 0 heterocycles. The van der Waals surface area contributed by atoms with Crippen molar-refractivity contribution in [1.29, 1.82) is 0 Å². The summed E-state index contributed by atoms with van der Waals surface area (Å²) in [6.45, 7) is 0.585. The highest BCUT2D eigenvalue weighted by atomic mass is 35.5. The number of hydrogen-bond donors (Lipinski definition) is 0. The lowest BCUT2D eigenvalue weighted by Gasteiger charge is -2.05. The maximum atomic E-state index is 10.4. The average Bonchev–Trinajstić information content (AvgIpc) is 2.19. The molecule has 0 saturated carbocycles. The van der Waals surface area contributed by atoms with Gasteiger partial charge in [0.1, 0.15) is 6.29 Å². The van der Waals surface area contributed by atoms with E-state index in [1.165, 1.54) is 0 Å². The molecule has 1 rings (SSSR count). The van der Waals surface area contributed by atoms with Crippen LogP contribution in [0.25, 0.3) is 0 Å². The quantitative estimate of drug-likeness (QED) is 0.553. The highest BCUT2D eigenvalue weighted by molar-refractivity contribution is 6.27. The first-order chi connectivity index (χ1) is 6.76. The minimum absolute atomic E-state index is 0.437. The molecular formula is C11H13ClO2. The number of carbonyl (C=O) groups is 1. The van der Waals surface area contributed by atoms with Crippen molar-refractivity contribution in [3.63, 3.8) is 0 Å². The van der Waals surface area contributed by atoms with E-state index in [0.717, 1.165) is 17.4 Å². The molecule has 0 aliphatic heterocycles. The van der Waals surface area contributed by atoms with Gasteiger partial charge in [0, 0.05) is 7.11 Å². The van der Waals surface area contributed by atoms with Crippen LogP contribution < -0.4 is 0 Å². The highest BCUT2D eigenvalue weighted by Gasteiger charge is 2.04. The fourth-order valence-corrected chi connectivity index (χ4v) is 1.46. The molecule has 0 radical (unpaired) electrons. The Kier molecular flexibility index (Phi) is 4.63. The van der Waals surface area contributed by atoms with Gasteiger partial charge in [-0.3, -0.25) is 0 Å². The molecule has 0 aromatic heterocycles. The molecule has 0 saturated heterocycles. The van der Waals surface area contributed by atoms with Gasteiger partial charge in [-0.15, -0.1) is 11.6 Å². The molecule has 14 heavy (non-hydrogen) atoms. The van der Waals surface area contributed by atoms with Crippen LogP contribution >= 0.6 is 11.6 Å². The van der Waals surface area contributed by atoms with Gasteiger partial charge in [-0.1, -0.05) is 24.3 Å². The first-order valence-electron chi connectivity index (χ1n) is 4.42. The Morgan fingerprint density at radius 3 is 2.86 bits per heavy atom. The zero-order valence-electron chi connectivity index (χ0n) is 8.07. The summed E-state index contributed by atoms with van der Waals surface area (Å²) in [4.78, 5) is 10.4. The van der Waals surface area contributed by atoms with Crippen molar-refractivity contribution < 1.29 is 9.53 Å². The minimum atomic E-state index is -0.437. The first kappa shape index (κ1) is 11.2. The maximum absolute atomic E-state index is 10.4. The Hall–Kier alpha value is -0.860. The van der Waals surface area contributed by atoms with Crippen molar-refractivity contribution in [2.75, 3.05) is 7.11 Å². The molecule has 0 aliphatic carbocycles. The van der Waals surface area contributed by atoms with E-state index in [4.69, 9.17) is 16.3 Å². The Balaban J connectivity index is 2.67. The predicted molar refractivity (Wildman–Crippen MR) is 56.6 cm³/mol. The third kappa shape index (κ3) is 3.48. The first-order valence-corrected chi connectivity index (χ1v) is 4.86. The van der Waals surface area contributed by atoms with Gasteiger partial charge in [-0.2, -0.15) is 0 Å². The SMILES string of the molecule is COCc1cccc(CC(Cl)C=O)c1. The zero-order valence-corrected chi connectivity index (χ0v) is 8.83. The summed E-state index contributed by atoms with van der Waals surface area (Å²) >= 11 is 5.73. The lowest BCUT2D eigenvalue weighted by Crippen LogP contribution is -2.04. The molecule has 2 nitrogen and oxygen atoms in total. The van der Waals surface area contributed by atoms with Crippen molar-refractivity contribution in [2.24, 2.45) is 0 Å². The molecule has 0 N–H and O–H groups in total. The number of carbonyl (C=O) groups excluding carboxylic acids is 1. The van der Waals surface area contributed by atoms with Crippen molar-refractivity contribution in [3.8, 4) is 0 Å². The summed E-state index contributed by atoms with van der Waals surface area (Å²) in [6, 6.07) is 7.88. The zero-order chi connectivity index (χ0) is 10.4. The summed E-state index contributed by atoms with van der Waals surface area (Å²) in [6.07, 6.45) is 1.33. The number of benzene rings is 1. The third-order valence-corrected chi connectivity index (χ3v) is 2.14. The summed E-state index contributed by atoms with van der Waals surface area (Å²) in [5.41, 5.74) is 2.16. The lowest BCUT2D eigenvalue weighted by molar-refractivity contribution is -0.107. The second-order valence-electron chi connectivity index (χ2n) is 3.11. The maximum Gasteiger partial charge on any atom is 0.138 e. The van der Waals surface area contributed by atoms with E-state index >= 15 is 0 Å². The van der Waals surface area contributed by atoms with E-state index in [-0.39, 0.29) is 0 Å². The van der Waals surface area contributed by atoms with Gasteiger partial charge in [-0.25, -0.2) is 0 Å². The number of methoxy groups -OCH3 is 1. The molecule has 1 aromatic carbocycles. The fourth-order valence-electron chi connectivity index (χ4n) is 1.29. The van der Waals surface area contributed by atoms with Crippen LogP contribution in [0, 0.1) is 0 Å². The summed E-state index contributed by atoms with van der Waals surface area (Å²) in [5, 5.41) is -0.437. The van der Waals surface area contributed by atoms with Gasteiger partial charge in [0.15, 0.2) is 0 Å². The largest absolute Gasteiger partial charge is 0.380 e. The van der Waals surface area contributed by atoms with Gasteiger partial charge in [-0.05, 0) is 17.5 Å². The van der Waals surface area contributed by atoms with Gasteiger partial charge in [0.2, 0.25) is 0 Å². The summed E-state index contributed by atoms with van der Waals surface area (Å²) in [5.74, 6) is 0. The normalized spacial score (nSPS) is 12.4. The fraction of sp³-hybridized carbons (Fsp3) is 0.364. The van der Waals surface area contributed by atoms with Gasteiger partial charge in [0.25, 0.3) is 0 Å². The Bertz CT molecular complexity index is 299. The molecule has 1 aromatic rings. The molecule has 1 unspecified atom stereocenters. The van der Waals surface area contributed by atoms with Crippen molar-refractivity contribution in [2.45, 2.75) is 18.4 Å². The van der Waals surface area contributed by atoms with Crippen LogP contribution in [0.4, 0.5) is 0 Å². The van der Waals surface area contributed by atoms with E-state index in [0.29, 0.717) is 13.0 Å². The van der Waals surface area contributed by atoms with E-state index in [2.05, 4.69) is 0 Å². The van der Waals surface area contributed by atoms with E-state index < -0.39 is 5.38 Å². The van der Waals surface area contributed by atoms with Crippen molar-refractivity contribution in [1.82, 2.24) is 0 Å². The molecule has 0 aliphatic rings. The van der Waals surface area contributed by atoms with Gasteiger partial charge in [0.05, 0.1) is 12.0 Å². The van der Waals surface area contributed by atoms with Crippen LogP contribution in [0.1, 0.15) is 11.1 Å². The molecule has 76 valence electrons. The van der Waals surface area contributed by atoms with E-state index in [1.54, 1.807) is 7.11 Å². The van der Waals surface area contributed by atoms with Crippen LogP contribution in [-0.2, 0) is 22.6 Å².